The highest BCUT2D eigenvalue weighted by molar-refractivity contribution is 5.97. The van der Waals surface area contributed by atoms with E-state index in [9.17, 15) is 22.8 Å². The Morgan fingerprint density at radius 1 is 1.08 bits per heavy atom. The molecule has 1 saturated carbocycles. The zero-order valence-electron chi connectivity index (χ0n) is 20.7. The Labute approximate surface area is 213 Å². The van der Waals surface area contributed by atoms with Crippen LogP contribution in [0.25, 0.3) is 11.1 Å². The third-order valence-corrected chi connectivity index (χ3v) is 7.22. The summed E-state index contributed by atoms with van der Waals surface area (Å²) in [4.78, 5) is 28.4. The number of carboxylic acid groups (broad SMARTS) is 1. The SMILES string of the molecule is Cc1c(NC(=O)[C@@H](c2ccc(-c3cncc(C(F)(F)F)c3)cc2)C2CCC2)cccc1[C@H](C)CC(=O)O. The van der Waals surface area contributed by atoms with Gasteiger partial charge in [0.1, 0.15) is 0 Å². The summed E-state index contributed by atoms with van der Waals surface area (Å²) < 4.78 is 39.3. The van der Waals surface area contributed by atoms with E-state index in [2.05, 4.69) is 10.3 Å². The number of carbonyl (C=O) groups is 2. The number of alkyl halides is 3. The van der Waals surface area contributed by atoms with E-state index < -0.39 is 23.6 Å². The molecule has 2 atom stereocenters. The highest BCUT2D eigenvalue weighted by Gasteiger charge is 2.34. The second-order valence-corrected chi connectivity index (χ2v) is 9.76. The molecule has 2 N–H and O–H groups in total. The van der Waals surface area contributed by atoms with Crippen LogP contribution in [0.1, 0.15) is 66.7 Å². The number of rotatable bonds is 8. The van der Waals surface area contributed by atoms with Gasteiger partial charge in [-0.1, -0.05) is 49.7 Å². The number of carboxylic acids is 1. The van der Waals surface area contributed by atoms with Crippen molar-refractivity contribution in [3.63, 3.8) is 0 Å². The standard InChI is InChI=1S/C29H29F3N2O3/c1-17(13-26(35)36)24-7-4-8-25(18(24)2)34-28(37)27(20-5-3-6-20)21-11-9-19(10-12-21)22-14-23(16-33-15-22)29(30,31)32/h4,7-12,14-17,20,27H,3,5-6,13H2,1-2H3,(H,34,37)(H,35,36)/t17-,27-/m1/s1. The van der Waals surface area contributed by atoms with Crippen molar-refractivity contribution < 1.29 is 27.9 Å². The average molecular weight is 511 g/mol. The molecule has 5 nitrogen and oxygen atoms in total. The van der Waals surface area contributed by atoms with E-state index in [0.29, 0.717) is 16.8 Å². The third kappa shape index (κ3) is 6.01. The maximum atomic E-state index is 13.5. The van der Waals surface area contributed by atoms with E-state index in [-0.39, 0.29) is 24.2 Å². The minimum atomic E-state index is -4.47. The van der Waals surface area contributed by atoms with E-state index in [0.717, 1.165) is 48.2 Å². The number of nitrogens with zero attached hydrogens (tertiary/aromatic N) is 1. The van der Waals surface area contributed by atoms with Crippen LogP contribution in [-0.4, -0.2) is 22.0 Å². The van der Waals surface area contributed by atoms with Crippen LogP contribution in [0, 0.1) is 12.8 Å². The Balaban J connectivity index is 1.57. The summed E-state index contributed by atoms with van der Waals surface area (Å²) in [6.07, 6.45) is 0.603. The Bertz CT molecular complexity index is 1280. The topological polar surface area (TPSA) is 79.3 Å². The quantitative estimate of drug-likeness (QED) is 0.337. The van der Waals surface area contributed by atoms with Crippen LogP contribution in [0.5, 0.6) is 0 Å². The van der Waals surface area contributed by atoms with Crippen molar-refractivity contribution >= 4 is 17.6 Å². The zero-order chi connectivity index (χ0) is 26.7. The highest BCUT2D eigenvalue weighted by Crippen LogP contribution is 2.41. The van der Waals surface area contributed by atoms with Gasteiger partial charge in [-0.05, 0) is 66.0 Å². The molecule has 1 heterocycles. The molecule has 194 valence electrons. The first-order valence-electron chi connectivity index (χ1n) is 12.3. The van der Waals surface area contributed by atoms with Crippen LogP contribution in [0.2, 0.25) is 0 Å². The molecule has 3 aromatic rings. The maximum absolute atomic E-state index is 13.5. The van der Waals surface area contributed by atoms with Gasteiger partial charge in [-0.3, -0.25) is 14.6 Å². The Morgan fingerprint density at radius 3 is 2.38 bits per heavy atom. The van der Waals surface area contributed by atoms with Gasteiger partial charge in [0.05, 0.1) is 17.9 Å². The largest absolute Gasteiger partial charge is 0.481 e. The fourth-order valence-electron chi connectivity index (χ4n) is 4.95. The van der Waals surface area contributed by atoms with Crippen molar-refractivity contribution in [1.82, 2.24) is 4.98 Å². The van der Waals surface area contributed by atoms with E-state index in [1.165, 1.54) is 6.20 Å². The van der Waals surface area contributed by atoms with Gasteiger partial charge in [-0.15, -0.1) is 0 Å². The molecule has 1 aliphatic carbocycles. The normalized spacial score (nSPS) is 15.5. The molecule has 0 spiro atoms. The minimum absolute atomic E-state index is 0.00329. The molecule has 37 heavy (non-hydrogen) atoms. The second-order valence-electron chi connectivity index (χ2n) is 9.76. The molecule has 1 aliphatic rings. The third-order valence-electron chi connectivity index (χ3n) is 7.22. The maximum Gasteiger partial charge on any atom is 0.417 e. The van der Waals surface area contributed by atoms with Gasteiger partial charge in [-0.25, -0.2) is 0 Å². The predicted molar refractivity (Wildman–Crippen MR) is 135 cm³/mol. The van der Waals surface area contributed by atoms with E-state index in [1.807, 2.05) is 32.0 Å². The fourth-order valence-corrected chi connectivity index (χ4v) is 4.95. The number of hydrogen-bond donors (Lipinski definition) is 2. The van der Waals surface area contributed by atoms with Gasteiger partial charge in [0.2, 0.25) is 5.91 Å². The van der Waals surface area contributed by atoms with Gasteiger partial charge in [0, 0.05) is 23.6 Å². The van der Waals surface area contributed by atoms with Crippen molar-refractivity contribution in [3.05, 3.63) is 83.2 Å². The Hall–Kier alpha value is -3.68. The summed E-state index contributed by atoms with van der Waals surface area (Å²) in [5, 5.41) is 12.2. The number of amides is 1. The van der Waals surface area contributed by atoms with Gasteiger partial charge in [0.25, 0.3) is 0 Å². The predicted octanol–water partition coefficient (Wildman–Crippen LogP) is 7.18. The van der Waals surface area contributed by atoms with Crippen LogP contribution in [0.3, 0.4) is 0 Å². The van der Waals surface area contributed by atoms with Crippen molar-refractivity contribution in [3.8, 4) is 11.1 Å². The number of aromatic nitrogens is 1. The number of carbonyl (C=O) groups excluding carboxylic acids is 1. The molecule has 0 bridgehead atoms. The average Bonchev–Trinajstić information content (AvgIpc) is 2.81. The van der Waals surface area contributed by atoms with Crippen LogP contribution < -0.4 is 5.32 Å². The molecule has 1 fully saturated rings. The number of halogens is 3. The molecule has 8 heteroatoms. The number of anilines is 1. The summed E-state index contributed by atoms with van der Waals surface area (Å²) in [6.45, 7) is 3.72. The molecule has 1 aromatic heterocycles. The first-order chi connectivity index (χ1) is 17.5. The van der Waals surface area contributed by atoms with Gasteiger partial charge in [-0.2, -0.15) is 13.2 Å². The van der Waals surface area contributed by atoms with Crippen molar-refractivity contribution in [2.75, 3.05) is 5.32 Å². The van der Waals surface area contributed by atoms with Gasteiger partial charge >= 0.3 is 12.1 Å². The highest BCUT2D eigenvalue weighted by atomic mass is 19.4. The molecule has 0 aliphatic heterocycles. The first kappa shape index (κ1) is 26.4. The minimum Gasteiger partial charge on any atom is -0.481 e. The van der Waals surface area contributed by atoms with Crippen LogP contribution in [0.4, 0.5) is 18.9 Å². The summed E-state index contributed by atoms with van der Waals surface area (Å²) in [5.74, 6) is -1.45. The molecule has 2 aromatic carbocycles. The summed E-state index contributed by atoms with van der Waals surface area (Å²) in [7, 11) is 0. The summed E-state index contributed by atoms with van der Waals surface area (Å²) in [6, 6.07) is 13.6. The van der Waals surface area contributed by atoms with Crippen molar-refractivity contribution in [2.45, 2.75) is 57.5 Å². The number of aliphatic carboxylic acids is 1. The van der Waals surface area contributed by atoms with E-state index in [4.69, 9.17) is 5.11 Å². The zero-order valence-corrected chi connectivity index (χ0v) is 20.7. The number of hydrogen-bond acceptors (Lipinski definition) is 3. The monoisotopic (exact) mass is 510 g/mol. The fraction of sp³-hybridized carbons (Fsp3) is 0.345. The smallest absolute Gasteiger partial charge is 0.417 e. The molecular formula is C29H29F3N2O3. The van der Waals surface area contributed by atoms with Gasteiger partial charge < -0.3 is 10.4 Å². The second kappa shape index (κ2) is 10.7. The van der Waals surface area contributed by atoms with Gasteiger partial charge in [0.15, 0.2) is 0 Å². The molecule has 1 amide bonds. The van der Waals surface area contributed by atoms with Crippen LogP contribution in [-0.2, 0) is 15.8 Å². The molecule has 0 unspecified atom stereocenters. The van der Waals surface area contributed by atoms with Crippen molar-refractivity contribution in [2.24, 2.45) is 5.92 Å². The lowest BCUT2D eigenvalue weighted by molar-refractivity contribution is -0.138. The molecular weight excluding hydrogens is 481 g/mol. The number of benzene rings is 2. The Morgan fingerprint density at radius 2 is 1.78 bits per heavy atom. The van der Waals surface area contributed by atoms with E-state index >= 15 is 0 Å². The lowest BCUT2D eigenvalue weighted by Crippen LogP contribution is -2.31. The van der Waals surface area contributed by atoms with E-state index in [1.54, 1.807) is 24.3 Å². The summed E-state index contributed by atoms with van der Waals surface area (Å²) >= 11 is 0. The Kier molecular flexibility index (Phi) is 7.66. The lowest BCUT2D eigenvalue weighted by Gasteiger charge is -2.33. The first-order valence-corrected chi connectivity index (χ1v) is 12.3. The molecule has 0 saturated heterocycles. The summed E-state index contributed by atoms with van der Waals surface area (Å²) in [5.41, 5.74) is 3.30. The lowest BCUT2D eigenvalue weighted by atomic mass is 9.72. The van der Waals surface area contributed by atoms with Crippen LogP contribution >= 0.6 is 0 Å². The van der Waals surface area contributed by atoms with Crippen molar-refractivity contribution in [1.29, 1.82) is 0 Å². The number of nitrogens with one attached hydrogen (secondary N) is 1. The molecule has 0 radical (unpaired) electrons. The molecule has 4 rings (SSSR count). The van der Waals surface area contributed by atoms with Crippen LogP contribution in [0.15, 0.2) is 60.9 Å². The number of pyridine rings is 1.